The van der Waals surface area contributed by atoms with Gasteiger partial charge in [-0.25, -0.2) is 0 Å². The molecule has 0 spiro atoms. The third-order valence-corrected chi connectivity index (χ3v) is 5.39. The van der Waals surface area contributed by atoms with Gasteiger partial charge in [0.05, 0.1) is 22.4 Å². The normalized spacial score (nSPS) is 18.0. The molecule has 4 nitrogen and oxygen atoms in total. The second kappa shape index (κ2) is 5.97. The first-order valence-corrected chi connectivity index (χ1v) is 8.49. The van der Waals surface area contributed by atoms with E-state index >= 15 is 0 Å². The zero-order chi connectivity index (χ0) is 15.0. The van der Waals surface area contributed by atoms with Crippen LogP contribution in [0.3, 0.4) is 0 Å². The van der Waals surface area contributed by atoms with Crippen molar-refractivity contribution in [3.63, 3.8) is 0 Å². The predicted octanol–water partition coefficient (Wildman–Crippen LogP) is 3.33. The lowest BCUT2D eigenvalue weighted by molar-refractivity contribution is 0.473. The van der Waals surface area contributed by atoms with E-state index < -0.39 is 0 Å². The Morgan fingerprint density at radius 3 is 2.90 bits per heavy atom. The molecule has 2 heterocycles. The standard InChI is InChI=1S/C16H23BrN4/c1-4-18-14-7-5-6-12-8-21(9-13(12)14)10-15-16(17)11(2)19-20(15)3/h8-9,14,18H,4-7,10H2,1-3H3. The zero-order valence-corrected chi connectivity index (χ0v) is 14.6. The molecule has 0 aromatic carbocycles. The monoisotopic (exact) mass is 350 g/mol. The summed E-state index contributed by atoms with van der Waals surface area (Å²) in [5, 5.41) is 8.08. The Labute approximate surface area is 134 Å². The molecule has 1 aliphatic carbocycles. The molecule has 1 atom stereocenters. The minimum atomic E-state index is 0.525. The minimum absolute atomic E-state index is 0.525. The van der Waals surface area contributed by atoms with E-state index in [2.05, 4.69) is 50.2 Å². The first-order chi connectivity index (χ1) is 10.1. The summed E-state index contributed by atoms with van der Waals surface area (Å²) in [5.41, 5.74) is 5.26. The summed E-state index contributed by atoms with van der Waals surface area (Å²) < 4.78 is 5.40. The molecule has 1 unspecified atom stereocenters. The van der Waals surface area contributed by atoms with Gasteiger partial charge in [0.1, 0.15) is 0 Å². The van der Waals surface area contributed by atoms with E-state index in [4.69, 9.17) is 0 Å². The number of nitrogens with one attached hydrogen (secondary N) is 1. The maximum Gasteiger partial charge on any atom is 0.0739 e. The third-order valence-electron chi connectivity index (χ3n) is 4.36. The second-order valence-electron chi connectivity index (χ2n) is 5.88. The van der Waals surface area contributed by atoms with E-state index in [1.54, 1.807) is 0 Å². The summed E-state index contributed by atoms with van der Waals surface area (Å²) in [5.74, 6) is 0. The second-order valence-corrected chi connectivity index (χ2v) is 6.68. The van der Waals surface area contributed by atoms with Gasteiger partial charge in [0.25, 0.3) is 0 Å². The van der Waals surface area contributed by atoms with Gasteiger partial charge >= 0.3 is 0 Å². The molecule has 114 valence electrons. The van der Waals surface area contributed by atoms with Crippen LogP contribution in [0, 0.1) is 6.92 Å². The largest absolute Gasteiger partial charge is 0.348 e. The van der Waals surface area contributed by atoms with E-state index in [-0.39, 0.29) is 0 Å². The van der Waals surface area contributed by atoms with Crippen LogP contribution < -0.4 is 5.32 Å². The van der Waals surface area contributed by atoms with Gasteiger partial charge in [-0.1, -0.05) is 6.92 Å². The van der Waals surface area contributed by atoms with Gasteiger partial charge in [-0.2, -0.15) is 5.10 Å². The van der Waals surface area contributed by atoms with E-state index in [9.17, 15) is 0 Å². The van der Waals surface area contributed by atoms with Crippen LogP contribution >= 0.6 is 15.9 Å². The summed E-state index contributed by atoms with van der Waals surface area (Å²) in [4.78, 5) is 0. The third kappa shape index (κ3) is 2.81. The molecule has 2 aromatic heterocycles. The van der Waals surface area contributed by atoms with Gasteiger partial charge < -0.3 is 9.88 Å². The Kier molecular flexibility index (Phi) is 4.22. The molecule has 2 aromatic rings. The van der Waals surface area contributed by atoms with E-state index in [0.29, 0.717) is 6.04 Å². The lowest BCUT2D eigenvalue weighted by Crippen LogP contribution is -2.23. The van der Waals surface area contributed by atoms with Crippen molar-refractivity contribution in [3.05, 3.63) is 39.4 Å². The first-order valence-electron chi connectivity index (χ1n) is 7.70. The fourth-order valence-corrected chi connectivity index (χ4v) is 3.78. The van der Waals surface area contributed by atoms with Gasteiger partial charge in [0, 0.05) is 25.5 Å². The van der Waals surface area contributed by atoms with Crippen molar-refractivity contribution in [2.75, 3.05) is 6.54 Å². The average Bonchev–Trinajstić information content (AvgIpc) is 2.96. The predicted molar refractivity (Wildman–Crippen MR) is 88.5 cm³/mol. The molecule has 0 aliphatic heterocycles. The summed E-state index contributed by atoms with van der Waals surface area (Å²) in [6.07, 6.45) is 8.36. The van der Waals surface area contributed by atoms with Crippen molar-refractivity contribution in [1.82, 2.24) is 19.7 Å². The van der Waals surface area contributed by atoms with Gasteiger partial charge in [-0.05, 0) is 59.8 Å². The maximum absolute atomic E-state index is 4.48. The molecule has 0 radical (unpaired) electrons. The maximum atomic E-state index is 4.48. The number of aromatic nitrogens is 3. The van der Waals surface area contributed by atoms with Crippen molar-refractivity contribution < 1.29 is 0 Å². The van der Waals surface area contributed by atoms with Crippen molar-refractivity contribution in [3.8, 4) is 0 Å². The fourth-order valence-electron chi connectivity index (χ4n) is 3.32. The molecular formula is C16H23BrN4. The van der Waals surface area contributed by atoms with Gasteiger partial charge in [-0.3, -0.25) is 4.68 Å². The lowest BCUT2D eigenvalue weighted by atomic mass is 9.91. The molecule has 0 saturated heterocycles. The summed E-state index contributed by atoms with van der Waals surface area (Å²) in [6, 6.07) is 0.525. The lowest BCUT2D eigenvalue weighted by Gasteiger charge is -2.22. The number of rotatable bonds is 4. The number of hydrogen-bond acceptors (Lipinski definition) is 2. The molecule has 0 bridgehead atoms. The number of fused-ring (bicyclic) bond motifs is 1. The van der Waals surface area contributed by atoms with Crippen LogP contribution in [0.15, 0.2) is 16.9 Å². The van der Waals surface area contributed by atoms with Crippen molar-refractivity contribution in [2.45, 2.75) is 45.7 Å². The highest BCUT2D eigenvalue weighted by atomic mass is 79.9. The number of hydrogen-bond donors (Lipinski definition) is 1. The molecule has 3 rings (SSSR count). The molecule has 1 N–H and O–H groups in total. The highest BCUT2D eigenvalue weighted by molar-refractivity contribution is 9.10. The van der Waals surface area contributed by atoms with Crippen LogP contribution in [-0.2, 0) is 20.0 Å². The van der Waals surface area contributed by atoms with Gasteiger partial charge in [0.2, 0.25) is 0 Å². The highest BCUT2D eigenvalue weighted by Gasteiger charge is 2.21. The Bertz CT molecular complexity index is 641. The average molecular weight is 351 g/mol. The van der Waals surface area contributed by atoms with Crippen LogP contribution in [0.2, 0.25) is 0 Å². The Balaban J connectivity index is 1.87. The molecule has 21 heavy (non-hydrogen) atoms. The number of aryl methyl sites for hydroxylation is 3. The summed E-state index contributed by atoms with van der Waals surface area (Å²) in [6.45, 7) is 6.11. The molecule has 0 saturated carbocycles. The van der Waals surface area contributed by atoms with E-state index in [0.717, 1.165) is 23.3 Å². The Morgan fingerprint density at radius 2 is 2.24 bits per heavy atom. The minimum Gasteiger partial charge on any atom is -0.348 e. The van der Waals surface area contributed by atoms with Crippen LogP contribution in [0.25, 0.3) is 0 Å². The Morgan fingerprint density at radius 1 is 1.43 bits per heavy atom. The summed E-state index contributed by atoms with van der Waals surface area (Å²) in [7, 11) is 2.01. The Hall–Kier alpha value is -1.07. The van der Waals surface area contributed by atoms with Gasteiger partial charge in [-0.15, -0.1) is 0 Å². The van der Waals surface area contributed by atoms with Crippen LogP contribution in [0.4, 0.5) is 0 Å². The smallest absolute Gasteiger partial charge is 0.0739 e. The molecule has 0 fully saturated rings. The van der Waals surface area contributed by atoms with Crippen LogP contribution in [0.1, 0.15) is 48.3 Å². The topological polar surface area (TPSA) is 34.8 Å². The fraction of sp³-hybridized carbons (Fsp3) is 0.562. The van der Waals surface area contributed by atoms with E-state index in [1.807, 2.05) is 18.7 Å². The molecular weight excluding hydrogens is 328 g/mol. The van der Waals surface area contributed by atoms with E-state index in [1.165, 1.54) is 36.1 Å². The summed E-state index contributed by atoms with van der Waals surface area (Å²) >= 11 is 3.66. The molecule has 1 aliphatic rings. The molecule has 0 amide bonds. The van der Waals surface area contributed by atoms with Gasteiger partial charge in [0.15, 0.2) is 0 Å². The SMILES string of the molecule is CCNC1CCCc2cn(Cc3c(Br)c(C)nn3C)cc21. The van der Waals surface area contributed by atoms with Crippen LogP contribution in [0.5, 0.6) is 0 Å². The van der Waals surface area contributed by atoms with Crippen molar-refractivity contribution >= 4 is 15.9 Å². The van der Waals surface area contributed by atoms with Crippen molar-refractivity contribution in [2.24, 2.45) is 7.05 Å². The first kappa shape index (κ1) is 14.9. The van der Waals surface area contributed by atoms with Crippen LogP contribution in [-0.4, -0.2) is 20.9 Å². The van der Waals surface area contributed by atoms with Crippen molar-refractivity contribution in [1.29, 1.82) is 0 Å². The highest BCUT2D eigenvalue weighted by Crippen LogP contribution is 2.31. The quantitative estimate of drug-likeness (QED) is 0.917. The molecule has 5 heteroatoms. The number of nitrogens with zero attached hydrogens (tertiary/aromatic N) is 3. The zero-order valence-electron chi connectivity index (χ0n) is 13.0. The number of halogens is 1.